The molecule has 134 valence electrons. The van der Waals surface area contributed by atoms with Gasteiger partial charge in [0.05, 0.1) is 0 Å². The molecule has 25 heavy (non-hydrogen) atoms. The molecule has 0 unspecified atom stereocenters. The summed E-state index contributed by atoms with van der Waals surface area (Å²) in [4.78, 5) is 27.3. The zero-order valence-corrected chi connectivity index (χ0v) is 15.6. The molecular formula is C20H26N2O3. The second kappa shape index (κ2) is 7.55. The van der Waals surface area contributed by atoms with Crippen LogP contribution < -0.4 is 0 Å². The summed E-state index contributed by atoms with van der Waals surface area (Å²) in [6, 6.07) is 14.1. The number of nitrogens with zero attached hydrogens (tertiary/aromatic N) is 2. The molecule has 2 aromatic carbocycles. The lowest BCUT2D eigenvalue weighted by Gasteiger charge is -2.26. The van der Waals surface area contributed by atoms with Gasteiger partial charge in [0, 0.05) is 20.6 Å². The molecule has 0 aliphatic rings. The van der Waals surface area contributed by atoms with Gasteiger partial charge in [-0.2, -0.15) is 0 Å². The van der Waals surface area contributed by atoms with E-state index in [-0.39, 0.29) is 12.5 Å². The van der Waals surface area contributed by atoms with Gasteiger partial charge in [-0.05, 0) is 37.1 Å². The largest absolute Gasteiger partial charge is 0.444 e. The average molecular weight is 342 g/mol. The van der Waals surface area contributed by atoms with Gasteiger partial charge >= 0.3 is 6.09 Å². The van der Waals surface area contributed by atoms with Crippen molar-refractivity contribution in [2.24, 2.45) is 0 Å². The summed E-state index contributed by atoms with van der Waals surface area (Å²) >= 11 is 0. The summed E-state index contributed by atoms with van der Waals surface area (Å²) in [5, 5.41) is 2.27. The zero-order chi connectivity index (χ0) is 18.6. The predicted molar refractivity (Wildman–Crippen MR) is 99.3 cm³/mol. The number of amides is 2. The van der Waals surface area contributed by atoms with Crippen molar-refractivity contribution in [1.29, 1.82) is 0 Å². The molecular weight excluding hydrogens is 316 g/mol. The summed E-state index contributed by atoms with van der Waals surface area (Å²) in [6.45, 7) is 5.87. The lowest BCUT2D eigenvalue weighted by atomic mass is 10.0. The van der Waals surface area contributed by atoms with Crippen LogP contribution in [-0.2, 0) is 16.1 Å². The second-order valence-electron chi connectivity index (χ2n) is 7.22. The van der Waals surface area contributed by atoms with Crippen LogP contribution in [0.5, 0.6) is 0 Å². The molecule has 5 heteroatoms. The maximum absolute atomic E-state index is 12.4. The number of hydrogen-bond acceptors (Lipinski definition) is 3. The van der Waals surface area contributed by atoms with Gasteiger partial charge in [-0.3, -0.25) is 4.79 Å². The minimum Gasteiger partial charge on any atom is -0.444 e. The molecule has 0 heterocycles. The summed E-state index contributed by atoms with van der Waals surface area (Å²) < 4.78 is 5.27. The minimum atomic E-state index is -0.580. The Bertz CT molecular complexity index is 760. The predicted octanol–water partition coefficient (Wildman–Crippen LogP) is 3.67. The molecule has 0 atom stereocenters. The number of likely N-dealkylation sites (N-methyl/N-ethyl adjacent to an activating group) is 2. The normalized spacial score (nSPS) is 11.2. The van der Waals surface area contributed by atoms with Crippen LogP contribution >= 0.6 is 0 Å². The van der Waals surface area contributed by atoms with Crippen LogP contribution in [0.1, 0.15) is 26.3 Å². The lowest BCUT2D eigenvalue weighted by molar-refractivity contribution is -0.131. The van der Waals surface area contributed by atoms with E-state index in [0.717, 1.165) is 16.3 Å². The van der Waals surface area contributed by atoms with Gasteiger partial charge in [0.25, 0.3) is 0 Å². The third-order valence-electron chi connectivity index (χ3n) is 3.79. The van der Waals surface area contributed by atoms with Gasteiger partial charge in [0.15, 0.2) is 0 Å². The number of rotatable bonds is 4. The number of ether oxygens (including phenoxy) is 1. The summed E-state index contributed by atoms with van der Waals surface area (Å²) in [7, 11) is 3.31. The molecule has 0 radical (unpaired) electrons. The first-order valence-corrected chi connectivity index (χ1v) is 8.32. The third kappa shape index (κ3) is 5.21. The Morgan fingerprint density at radius 2 is 1.60 bits per heavy atom. The molecule has 0 spiro atoms. The van der Waals surface area contributed by atoms with E-state index in [4.69, 9.17) is 4.74 Å². The summed E-state index contributed by atoms with van der Waals surface area (Å²) in [5.41, 5.74) is 0.498. The van der Waals surface area contributed by atoms with Crippen molar-refractivity contribution in [2.75, 3.05) is 20.6 Å². The van der Waals surface area contributed by atoms with Gasteiger partial charge in [-0.25, -0.2) is 4.79 Å². The van der Waals surface area contributed by atoms with Crippen LogP contribution in [0.4, 0.5) is 4.79 Å². The van der Waals surface area contributed by atoms with Crippen molar-refractivity contribution < 1.29 is 14.3 Å². The highest BCUT2D eigenvalue weighted by molar-refractivity contribution is 5.86. The van der Waals surface area contributed by atoms with Crippen LogP contribution in [0.2, 0.25) is 0 Å². The number of carbonyl (C=O) groups excluding carboxylic acids is 2. The SMILES string of the molecule is CN(Cc1cccc2ccccc12)C(=O)CN(C)C(=O)OC(C)(C)C. The van der Waals surface area contributed by atoms with Crippen molar-refractivity contribution in [3.8, 4) is 0 Å². The highest BCUT2D eigenvalue weighted by Crippen LogP contribution is 2.19. The standard InChI is InChI=1S/C20H26N2O3/c1-20(2,3)25-19(24)22(5)14-18(23)21(4)13-16-11-8-10-15-9-6-7-12-17(15)16/h6-12H,13-14H2,1-5H3. The first kappa shape index (κ1) is 18.8. The van der Waals surface area contributed by atoms with Gasteiger partial charge in [-0.1, -0.05) is 42.5 Å². The number of carbonyl (C=O) groups is 2. The minimum absolute atomic E-state index is 0.0177. The highest BCUT2D eigenvalue weighted by Gasteiger charge is 2.22. The Morgan fingerprint density at radius 3 is 2.28 bits per heavy atom. The first-order valence-electron chi connectivity index (χ1n) is 8.32. The molecule has 0 aliphatic carbocycles. The fraction of sp³-hybridized carbons (Fsp3) is 0.400. The van der Waals surface area contributed by atoms with Crippen molar-refractivity contribution >= 4 is 22.8 Å². The molecule has 5 nitrogen and oxygen atoms in total. The molecule has 0 aliphatic heterocycles. The Hall–Kier alpha value is -2.56. The fourth-order valence-corrected chi connectivity index (χ4v) is 2.50. The Labute approximate surface area is 149 Å². The monoisotopic (exact) mass is 342 g/mol. The van der Waals surface area contributed by atoms with E-state index in [2.05, 4.69) is 18.2 Å². The third-order valence-corrected chi connectivity index (χ3v) is 3.79. The molecule has 0 saturated heterocycles. The van der Waals surface area contributed by atoms with E-state index in [1.54, 1.807) is 39.8 Å². The summed E-state index contributed by atoms with van der Waals surface area (Å²) in [6.07, 6.45) is -0.501. The van der Waals surface area contributed by atoms with Crippen molar-refractivity contribution in [1.82, 2.24) is 9.80 Å². The number of fused-ring (bicyclic) bond motifs is 1. The zero-order valence-electron chi connectivity index (χ0n) is 15.6. The maximum Gasteiger partial charge on any atom is 0.410 e. The molecule has 2 amide bonds. The second-order valence-corrected chi connectivity index (χ2v) is 7.22. The number of benzene rings is 2. The van der Waals surface area contributed by atoms with Crippen LogP contribution in [0.25, 0.3) is 10.8 Å². The van der Waals surface area contributed by atoms with Crippen LogP contribution in [-0.4, -0.2) is 48.0 Å². The lowest BCUT2D eigenvalue weighted by Crippen LogP contribution is -2.41. The maximum atomic E-state index is 12.4. The molecule has 0 bridgehead atoms. The van der Waals surface area contributed by atoms with Crippen molar-refractivity contribution in [3.05, 3.63) is 48.0 Å². The molecule has 0 saturated carbocycles. The molecule has 2 aromatic rings. The van der Waals surface area contributed by atoms with E-state index < -0.39 is 11.7 Å². The van der Waals surface area contributed by atoms with Crippen molar-refractivity contribution in [2.45, 2.75) is 32.9 Å². The fourth-order valence-electron chi connectivity index (χ4n) is 2.50. The van der Waals surface area contributed by atoms with Gasteiger partial charge < -0.3 is 14.5 Å². The molecule has 0 N–H and O–H groups in total. The molecule has 2 rings (SSSR count). The Kier molecular flexibility index (Phi) is 5.67. The quantitative estimate of drug-likeness (QED) is 0.852. The Morgan fingerprint density at radius 1 is 0.960 bits per heavy atom. The van der Waals surface area contributed by atoms with Crippen LogP contribution in [0, 0.1) is 0 Å². The Balaban J connectivity index is 2.01. The van der Waals surface area contributed by atoms with E-state index in [1.807, 2.05) is 24.3 Å². The highest BCUT2D eigenvalue weighted by atomic mass is 16.6. The topological polar surface area (TPSA) is 49.9 Å². The van der Waals surface area contributed by atoms with Gasteiger partial charge in [-0.15, -0.1) is 0 Å². The van der Waals surface area contributed by atoms with Crippen molar-refractivity contribution in [3.63, 3.8) is 0 Å². The van der Waals surface area contributed by atoms with Crippen LogP contribution in [0.15, 0.2) is 42.5 Å². The number of hydrogen-bond donors (Lipinski definition) is 0. The van der Waals surface area contributed by atoms with E-state index in [1.165, 1.54) is 4.90 Å². The smallest absolute Gasteiger partial charge is 0.410 e. The van der Waals surface area contributed by atoms with Gasteiger partial charge in [0.2, 0.25) is 5.91 Å². The first-order chi connectivity index (χ1) is 11.7. The van der Waals surface area contributed by atoms with Gasteiger partial charge in [0.1, 0.15) is 12.1 Å². The molecule has 0 fully saturated rings. The summed E-state index contributed by atoms with van der Waals surface area (Å²) in [5.74, 6) is -0.138. The van der Waals surface area contributed by atoms with Crippen LogP contribution in [0.3, 0.4) is 0 Å². The van der Waals surface area contributed by atoms with E-state index in [9.17, 15) is 9.59 Å². The molecule has 0 aromatic heterocycles. The average Bonchev–Trinajstić information content (AvgIpc) is 2.53. The van der Waals surface area contributed by atoms with E-state index >= 15 is 0 Å². The van der Waals surface area contributed by atoms with E-state index in [0.29, 0.717) is 6.54 Å².